The van der Waals surface area contributed by atoms with E-state index >= 15 is 0 Å². The number of hydrogen-bond acceptors (Lipinski definition) is 16. The first-order valence-electron chi connectivity index (χ1n) is 24.3. The van der Waals surface area contributed by atoms with Gasteiger partial charge in [-0.2, -0.15) is 0 Å². The second-order valence-electron chi connectivity index (χ2n) is 18.5. The van der Waals surface area contributed by atoms with Crippen molar-refractivity contribution >= 4 is 59.1 Å². The number of benzene rings is 1. The highest BCUT2D eigenvalue weighted by molar-refractivity contribution is 5.99. The third-order valence-corrected chi connectivity index (χ3v) is 11.8. The zero-order valence-corrected chi connectivity index (χ0v) is 41.2. The molecule has 19 N–H and O–H groups in total. The van der Waals surface area contributed by atoms with Crippen LogP contribution >= 0.6 is 0 Å². The quantitative estimate of drug-likeness (QED) is 0.0613. The summed E-state index contributed by atoms with van der Waals surface area (Å²) >= 11 is 0. The maximum atomic E-state index is 14.3. The summed E-state index contributed by atoms with van der Waals surface area (Å²) in [6.07, 6.45) is -2.84. The number of carbonyl (C=O) groups excluding carboxylic acids is 10. The second-order valence-corrected chi connectivity index (χ2v) is 18.5. The van der Waals surface area contributed by atoms with Crippen LogP contribution in [0.25, 0.3) is 0 Å². The summed E-state index contributed by atoms with van der Waals surface area (Å²) in [6.45, 7) is 4.07. The van der Waals surface area contributed by atoms with Crippen LogP contribution in [0.5, 0.6) is 0 Å². The van der Waals surface area contributed by atoms with Gasteiger partial charge in [0, 0.05) is 18.9 Å². The molecule has 0 bridgehead atoms. The van der Waals surface area contributed by atoms with E-state index in [2.05, 4.69) is 53.2 Å². The molecule has 1 aliphatic carbocycles. The Morgan fingerprint density at radius 1 is 0.625 bits per heavy atom. The van der Waals surface area contributed by atoms with E-state index in [4.69, 9.17) is 17.2 Å². The van der Waals surface area contributed by atoms with Gasteiger partial charge in [-0.3, -0.25) is 47.9 Å². The Morgan fingerprint density at radius 2 is 1.11 bits per heavy atom. The summed E-state index contributed by atoms with van der Waals surface area (Å²) < 4.78 is 0. The van der Waals surface area contributed by atoms with Crippen molar-refractivity contribution in [3.05, 3.63) is 35.9 Å². The Labute approximate surface area is 418 Å². The molecule has 1 aromatic carbocycles. The Balaban J connectivity index is 2.09. The minimum Gasteiger partial charge on any atom is -0.394 e. The first kappa shape index (κ1) is 60.0. The number of carbonyl (C=O) groups is 10. The lowest BCUT2D eigenvalue weighted by atomic mass is 10.00. The van der Waals surface area contributed by atoms with Crippen LogP contribution in [0.4, 0.5) is 0 Å². The van der Waals surface area contributed by atoms with Crippen molar-refractivity contribution in [1.82, 2.24) is 53.2 Å². The predicted molar refractivity (Wildman–Crippen MR) is 259 cm³/mol. The topological polar surface area (TPSA) is 430 Å². The summed E-state index contributed by atoms with van der Waals surface area (Å²) in [7, 11) is 0. The molecule has 402 valence electrons. The van der Waals surface area contributed by atoms with E-state index in [0.717, 1.165) is 0 Å². The molecule has 10 amide bonds. The van der Waals surface area contributed by atoms with Gasteiger partial charge in [-0.25, -0.2) is 0 Å². The van der Waals surface area contributed by atoms with Gasteiger partial charge in [0.25, 0.3) is 0 Å². The number of amides is 10. The zero-order valence-electron chi connectivity index (χ0n) is 41.2. The molecule has 1 saturated carbocycles. The standard InChI is InChI=1S/C46H75N13O13/c1-23(2)20-32-42(68)53-28(12-16-47)38(64)52-30(14-18-49)41(67)59-35(24(3)61)45(71)50-19-15-31(54-44(70)34(22-60)57-46(72)36(25(4)62)58-37(63)27-10-11-27)40(66)51-29(13-17-48)39(65)56-33(43(69)55-32)21-26-8-6-5-7-9-26/h5-9,23-25,27-36,60-62H,10-22,47-49H2,1-4H3,(H,50,71)(H,51,66)(H,52,64)(H,53,68)(H,54,70)(H,55,69)(H,56,65)(H,57,72)(H,58,63)(H,59,67)/t24-,25-,28+,29+,30+,31+,32+,33-,34-,35+,36+/m1/s1. The van der Waals surface area contributed by atoms with Crippen LogP contribution in [0.2, 0.25) is 0 Å². The molecule has 1 saturated heterocycles. The van der Waals surface area contributed by atoms with Crippen LogP contribution in [0.15, 0.2) is 30.3 Å². The first-order chi connectivity index (χ1) is 34.1. The van der Waals surface area contributed by atoms with Gasteiger partial charge in [-0.05, 0) is 89.9 Å². The van der Waals surface area contributed by atoms with E-state index in [9.17, 15) is 63.3 Å². The smallest absolute Gasteiger partial charge is 0.245 e. The van der Waals surface area contributed by atoms with Crippen LogP contribution in [0, 0.1) is 11.8 Å². The summed E-state index contributed by atoms with van der Waals surface area (Å²) in [4.78, 5) is 137. The molecule has 0 radical (unpaired) electrons. The normalized spacial score (nSPS) is 25.1. The molecule has 0 aromatic heterocycles. The maximum absolute atomic E-state index is 14.3. The Kier molecular flexibility index (Phi) is 24.9. The number of hydrogen-bond donors (Lipinski definition) is 16. The van der Waals surface area contributed by atoms with Crippen molar-refractivity contribution in [3.8, 4) is 0 Å². The van der Waals surface area contributed by atoms with Crippen molar-refractivity contribution in [1.29, 1.82) is 0 Å². The Bertz CT molecular complexity index is 2020. The van der Waals surface area contributed by atoms with E-state index in [1.54, 1.807) is 44.2 Å². The highest BCUT2D eigenvalue weighted by Gasteiger charge is 2.38. The SMILES string of the molecule is CC(C)C[C@@H]1NC(=O)[C@@H](Cc2ccccc2)NC(=O)[C@H](CCN)NC(=O)[C@@H](NC(=O)[C@@H](CO)NC(=O)[C@@H](NC(=O)C2CC2)[C@@H](C)O)CCNC(=O)[C@H]([C@@H](C)O)NC(=O)[C@H](CCN)NC(=O)[C@H](CCN)NC1=O. The van der Waals surface area contributed by atoms with Crippen molar-refractivity contribution in [2.24, 2.45) is 29.0 Å². The van der Waals surface area contributed by atoms with Gasteiger partial charge in [0.15, 0.2) is 0 Å². The lowest BCUT2D eigenvalue weighted by molar-refractivity contribution is -0.137. The first-order valence-corrected chi connectivity index (χ1v) is 24.3. The van der Waals surface area contributed by atoms with Crippen molar-refractivity contribution in [3.63, 3.8) is 0 Å². The van der Waals surface area contributed by atoms with Gasteiger partial charge in [0.05, 0.1) is 18.8 Å². The Morgan fingerprint density at radius 3 is 1.60 bits per heavy atom. The molecule has 3 rings (SSSR count). The van der Waals surface area contributed by atoms with Gasteiger partial charge in [0.1, 0.15) is 54.4 Å². The molecule has 11 atom stereocenters. The molecule has 0 unspecified atom stereocenters. The number of aliphatic hydroxyl groups is 3. The van der Waals surface area contributed by atoms with E-state index in [1.165, 1.54) is 13.8 Å². The van der Waals surface area contributed by atoms with Crippen LogP contribution in [-0.4, -0.2) is 174 Å². The van der Waals surface area contributed by atoms with Gasteiger partial charge in [-0.15, -0.1) is 0 Å². The van der Waals surface area contributed by atoms with E-state index in [0.29, 0.717) is 18.4 Å². The molecule has 1 heterocycles. The molecule has 26 heteroatoms. The monoisotopic (exact) mass is 1020 g/mol. The second kappa shape index (κ2) is 29.9. The average molecular weight is 1020 g/mol. The molecular formula is C46H75N13O13. The fraction of sp³-hybridized carbons (Fsp3) is 0.652. The average Bonchev–Trinajstić information content (AvgIpc) is 4.18. The molecule has 2 aliphatic rings. The van der Waals surface area contributed by atoms with E-state index in [-0.39, 0.29) is 63.6 Å². The summed E-state index contributed by atoms with van der Waals surface area (Å²) in [5.41, 5.74) is 18.1. The molecule has 1 aliphatic heterocycles. The molecule has 0 spiro atoms. The van der Waals surface area contributed by atoms with Gasteiger partial charge in [0.2, 0.25) is 59.1 Å². The summed E-state index contributed by atoms with van der Waals surface area (Å²) in [5.74, 6) is -9.59. The zero-order chi connectivity index (χ0) is 53.7. The molecule has 1 aromatic rings. The van der Waals surface area contributed by atoms with Crippen molar-refractivity contribution in [2.75, 3.05) is 32.8 Å². The summed E-state index contributed by atoms with van der Waals surface area (Å²) in [5, 5.41) is 56.1. The number of nitrogens with one attached hydrogen (secondary N) is 10. The molecular weight excluding hydrogens is 943 g/mol. The number of nitrogens with two attached hydrogens (primary N) is 3. The predicted octanol–water partition coefficient (Wildman–Crippen LogP) is -6.63. The highest BCUT2D eigenvalue weighted by atomic mass is 16.3. The lowest BCUT2D eigenvalue weighted by Crippen LogP contribution is -2.61. The number of rotatable bonds is 19. The minimum atomic E-state index is -1.78. The number of aliphatic hydroxyl groups excluding tert-OH is 3. The maximum Gasteiger partial charge on any atom is 0.245 e. The van der Waals surface area contributed by atoms with Crippen molar-refractivity contribution in [2.45, 2.75) is 146 Å². The van der Waals surface area contributed by atoms with Crippen LogP contribution in [0.1, 0.15) is 78.2 Å². The Hall–Kier alpha value is -6.32. The largest absolute Gasteiger partial charge is 0.394 e. The van der Waals surface area contributed by atoms with E-state index in [1.807, 2.05) is 0 Å². The van der Waals surface area contributed by atoms with Crippen LogP contribution in [0.3, 0.4) is 0 Å². The van der Waals surface area contributed by atoms with Crippen LogP contribution in [-0.2, 0) is 54.4 Å². The van der Waals surface area contributed by atoms with Crippen molar-refractivity contribution < 1.29 is 63.3 Å². The van der Waals surface area contributed by atoms with Gasteiger partial charge in [-0.1, -0.05) is 44.2 Å². The van der Waals surface area contributed by atoms with Gasteiger partial charge < -0.3 is 85.7 Å². The fourth-order valence-electron chi connectivity index (χ4n) is 7.56. The minimum absolute atomic E-state index is 0.0550. The summed E-state index contributed by atoms with van der Waals surface area (Å²) in [6, 6.07) is -5.01. The molecule has 72 heavy (non-hydrogen) atoms. The third kappa shape index (κ3) is 19.4. The van der Waals surface area contributed by atoms with Crippen LogP contribution < -0.4 is 70.4 Å². The van der Waals surface area contributed by atoms with Gasteiger partial charge >= 0.3 is 0 Å². The molecule has 26 nitrogen and oxygen atoms in total. The third-order valence-electron chi connectivity index (χ3n) is 11.8. The van der Waals surface area contributed by atoms with E-state index < -0.39 is 145 Å². The highest BCUT2D eigenvalue weighted by Crippen LogP contribution is 2.29. The lowest BCUT2D eigenvalue weighted by Gasteiger charge is -2.28. The fourth-order valence-corrected chi connectivity index (χ4v) is 7.56. The molecule has 2 fully saturated rings.